The van der Waals surface area contributed by atoms with Gasteiger partial charge < -0.3 is 5.32 Å². The largest absolute Gasteiger partial charge is 0.314 e. The molecule has 2 rings (SSSR count). The third kappa shape index (κ3) is 6.52. The van der Waals surface area contributed by atoms with Gasteiger partial charge in [0.25, 0.3) is 0 Å². The van der Waals surface area contributed by atoms with Crippen molar-refractivity contribution in [3.63, 3.8) is 0 Å². The van der Waals surface area contributed by atoms with Crippen LogP contribution in [0.5, 0.6) is 0 Å². The van der Waals surface area contributed by atoms with Crippen LogP contribution in [0.25, 0.3) is 0 Å². The molecule has 1 aromatic rings. The molecule has 0 radical (unpaired) electrons. The lowest BCUT2D eigenvalue weighted by molar-refractivity contribution is 0.163. The second-order valence-corrected chi connectivity index (χ2v) is 6.02. The third-order valence-electron chi connectivity index (χ3n) is 3.69. The highest BCUT2D eigenvalue weighted by Crippen LogP contribution is 2.31. The predicted molar refractivity (Wildman–Crippen MR) is 97.7 cm³/mol. The Balaban J connectivity index is 0.00000200. The lowest BCUT2D eigenvalue weighted by atomic mass is 9.99. The zero-order chi connectivity index (χ0) is 13.7. The molecule has 1 atom stereocenters. The average molecular weight is 374 g/mol. The molecule has 0 bridgehead atoms. The molecule has 0 unspecified atom stereocenters. The van der Waals surface area contributed by atoms with Crippen molar-refractivity contribution in [3.8, 4) is 0 Å². The summed E-state index contributed by atoms with van der Waals surface area (Å²) in [6, 6.07) is 6.38. The van der Waals surface area contributed by atoms with E-state index in [9.17, 15) is 0 Å². The van der Waals surface area contributed by atoms with Crippen LogP contribution in [0, 0.1) is 0 Å². The Kier molecular flexibility index (Phi) is 11.1. The number of rotatable bonds is 5. The quantitative estimate of drug-likeness (QED) is 0.783. The minimum absolute atomic E-state index is 0. The van der Waals surface area contributed by atoms with E-state index >= 15 is 0 Å². The minimum atomic E-state index is 0. The Morgan fingerprint density at radius 1 is 1.10 bits per heavy atom. The molecule has 1 heterocycles. The zero-order valence-electron chi connectivity index (χ0n) is 12.3. The first kappa shape index (κ1) is 21.3. The molecule has 1 aromatic carbocycles. The SMILES string of the molecule is CCCC[C@@H](c1cc(Cl)cc(Cl)c1)N1CCNCC1.Cl.Cl. The van der Waals surface area contributed by atoms with Gasteiger partial charge in [0.15, 0.2) is 0 Å². The van der Waals surface area contributed by atoms with E-state index in [0.29, 0.717) is 6.04 Å². The third-order valence-corrected chi connectivity index (χ3v) is 4.13. The molecule has 6 heteroatoms. The molecular weight excluding hydrogens is 350 g/mol. The van der Waals surface area contributed by atoms with Gasteiger partial charge in [0.1, 0.15) is 0 Å². The number of hydrogen-bond donors (Lipinski definition) is 1. The van der Waals surface area contributed by atoms with Crippen LogP contribution in [0.15, 0.2) is 18.2 Å². The van der Waals surface area contributed by atoms with Gasteiger partial charge in [-0.3, -0.25) is 4.90 Å². The summed E-state index contributed by atoms with van der Waals surface area (Å²) in [7, 11) is 0. The van der Waals surface area contributed by atoms with Gasteiger partial charge in [-0.15, -0.1) is 24.8 Å². The fourth-order valence-electron chi connectivity index (χ4n) is 2.72. The van der Waals surface area contributed by atoms with Crippen molar-refractivity contribution in [1.82, 2.24) is 10.2 Å². The lowest BCUT2D eigenvalue weighted by Gasteiger charge is -2.35. The molecule has 0 amide bonds. The highest BCUT2D eigenvalue weighted by Gasteiger charge is 2.22. The summed E-state index contributed by atoms with van der Waals surface area (Å²) in [5.41, 5.74) is 1.26. The van der Waals surface area contributed by atoms with Crippen molar-refractivity contribution in [2.45, 2.75) is 32.2 Å². The van der Waals surface area contributed by atoms with Crippen LogP contribution < -0.4 is 5.32 Å². The standard InChI is InChI=1S/C15H22Cl2N2.2ClH/c1-2-3-4-15(19-7-5-18-6-8-19)12-9-13(16)11-14(17)10-12;;/h9-11,15,18H,2-8H2,1H3;2*1H/t15-;;/m0../s1. The fourth-order valence-corrected chi connectivity index (χ4v) is 3.26. The molecule has 1 aliphatic heterocycles. The van der Waals surface area contributed by atoms with Crippen LogP contribution in [0.1, 0.15) is 37.8 Å². The van der Waals surface area contributed by atoms with Crippen LogP contribution in [0.2, 0.25) is 10.0 Å². The first-order chi connectivity index (χ1) is 9.20. The van der Waals surface area contributed by atoms with E-state index in [0.717, 1.165) is 36.2 Å². The maximum Gasteiger partial charge on any atom is 0.0424 e. The Morgan fingerprint density at radius 2 is 1.67 bits per heavy atom. The van der Waals surface area contributed by atoms with Crippen molar-refractivity contribution in [1.29, 1.82) is 0 Å². The molecule has 0 spiro atoms. The molecule has 122 valence electrons. The first-order valence-corrected chi connectivity index (χ1v) is 7.87. The van der Waals surface area contributed by atoms with Crippen LogP contribution in [0.3, 0.4) is 0 Å². The summed E-state index contributed by atoms with van der Waals surface area (Å²) in [5.74, 6) is 0. The van der Waals surface area contributed by atoms with Crippen molar-refractivity contribution in [2.24, 2.45) is 0 Å². The average Bonchev–Trinajstić information content (AvgIpc) is 2.39. The highest BCUT2D eigenvalue weighted by atomic mass is 35.5. The van der Waals surface area contributed by atoms with E-state index in [1.54, 1.807) is 6.07 Å². The molecule has 21 heavy (non-hydrogen) atoms. The van der Waals surface area contributed by atoms with Crippen molar-refractivity contribution >= 4 is 48.0 Å². The highest BCUT2D eigenvalue weighted by molar-refractivity contribution is 6.34. The molecule has 1 fully saturated rings. The van der Waals surface area contributed by atoms with E-state index in [-0.39, 0.29) is 24.8 Å². The summed E-state index contributed by atoms with van der Waals surface area (Å²) < 4.78 is 0. The van der Waals surface area contributed by atoms with E-state index in [4.69, 9.17) is 23.2 Å². The van der Waals surface area contributed by atoms with Crippen LogP contribution >= 0.6 is 48.0 Å². The van der Waals surface area contributed by atoms with Crippen molar-refractivity contribution < 1.29 is 0 Å². The Bertz CT molecular complexity index is 388. The number of piperazine rings is 1. The molecule has 0 saturated carbocycles. The molecule has 0 aliphatic carbocycles. The fraction of sp³-hybridized carbons (Fsp3) is 0.600. The predicted octanol–water partition coefficient (Wildman–Crippen LogP) is 4.97. The van der Waals surface area contributed by atoms with Gasteiger partial charge in [0.2, 0.25) is 0 Å². The Morgan fingerprint density at radius 3 is 2.19 bits per heavy atom. The van der Waals surface area contributed by atoms with Gasteiger partial charge >= 0.3 is 0 Å². The zero-order valence-corrected chi connectivity index (χ0v) is 15.4. The topological polar surface area (TPSA) is 15.3 Å². The van der Waals surface area contributed by atoms with Gasteiger partial charge in [-0.1, -0.05) is 43.0 Å². The van der Waals surface area contributed by atoms with Crippen LogP contribution in [-0.4, -0.2) is 31.1 Å². The summed E-state index contributed by atoms with van der Waals surface area (Å²) in [4.78, 5) is 2.55. The van der Waals surface area contributed by atoms with Crippen LogP contribution in [-0.2, 0) is 0 Å². The second-order valence-electron chi connectivity index (χ2n) is 5.15. The number of benzene rings is 1. The summed E-state index contributed by atoms with van der Waals surface area (Å²) in [6.07, 6.45) is 3.63. The number of halogens is 4. The normalized spacial score (nSPS) is 16.7. The maximum absolute atomic E-state index is 6.15. The summed E-state index contributed by atoms with van der Waals surface area (Å²) in [5, 5.41) is 4.88. The number of unbranched alkanes of at least 4 members (excludes halogenated alkanes) is 1. The minimum Gasteiger partial charge on any atom is -0.314 e. The molecule has 2 nitrogen and oxygen atoms in total. The molecular formula is C15H24Cl4N2. The van der Waals surface area contributed by atoms with Gasteiger partial charge in [-0.2, -0.15) is 0 Å². The Hall–Kier alpha value is 0.300. The Labute approximate surface area is 150 Å². The van der Waals surface area contributed by atoms with Gasteiger partial charge in [-0.25, -0.2) is 0 Å². The van der Waals surface area contributed by atoms with Gasteiger partial charge in [0, 0.05) is 42.3 Å². The first-order valence-electron chi connectivity index (χ1n) is 7.11. The maximum atomic E-state index is 6.15. The van der Waals surface area contributed by atoms with Crippen LogP contribution in [0.4, 0.5) is 0 Å². The smallest absolute Gasteiger partial charge is 0.0424 e. The van der Waals surface area contributed by atoms with Crippen molar-refractivity contribution in [3.05, 3.63) is 33.8 Å². The van der Waals surface area contributed by atoms with Gasteiger partial charge in [0.05, 0.1) is 0 Å². The number of nitrogens with zero attached hydrogens (tertiary/aromatic N) is 1. The monoisotopic (exact) mass is 372 g/mol. The van der Waals surface area contributed by atoms with E-state index in [1.165, 1.54) is 24.8 Å². The lowest BCUT2D eigenvalue weighted by Crippen LogP contribution is -2.45. The van der Waals surface area contributed by atoms with E-state index in [1.807, 2.05) is 0 Å². The second kappa shape index (κ2) is 10.9. The molecule has 1 N–H and O–H groups in total. The molecule has 0 aromatic heterocycles. The molecule has 1 aliphatic rings. The number of hydrogen-bond acceptors (Lipinski definition) is 2. The molecule has 1 saturated heterocycles. The van der Waals surface area contributed by atoms with E-state index < -0.39 is 0 Å². The summed E-state index contributed by atoms with van der Waals surface area (Å²) in [6.45, 7) is 6.56. The summed E-state index contributed by atoms with van der Waals surface area (Å²) >= 11 is 12.3. The van der Waals surface area contributed by atoms with Gasteiger partial charge in [-0.05, 0) is 30.2 Å². The van der Waals surface area contributed by atoms with E-state index in [2.05, 4.69) is 29.3 Å². The number of nitrogens with one attached hydrogen (secondary N) is 1. The van der Waals surface area contributed by atoms with Crippen molar-refractivity contribution in [2.75, 3.05) is 26.2 Å².